The molecule has 2 heterocycles. The van der Waals surface area contributed by atoms with E-state index >= 15 is 0 Å². The highest BCUT2D eigenvalue weighted by molar-refractivity contribution is 5.79. The van der Waals surface area contributed by atoms with Gasteiger partial charge in [0.15, 0.2) is 0 Å². The predicted octanol–water partition coefficient (Wildman–Crippen LogP) is 3.61. The zero-order valence-electron chi connectivity index (χ0n) is 17.6. The number of fused-ring (bicyclic) bond motifs is 1. The Morgan fingerprint density at radius 2 is 2.11 bits per heavy atom. The van der Waals surface area contributed by atoms with Crippen molar-refractivity contribution in [3.63, 3.8) is 0 Å². The van der Waals surface area contributed by atoms with Gasteiger partial charge >= 0.3 is 6.03 Å². The average Bonchev–Trinajstić information content (AvgIpc) is 2.66. The van der Waals surface area contributed by atoms with E-state index in [9.17, 15) is 9.59 Å². The first-order valence-electron chi connectivity index (χ1n) is 10.3. The molecular formula is C22H32N4O2. The van der Waals surface area contributed by atoms with E-state index in [0.29, 0.717) is 5.92 Å². The number of nitrogens with one attached hydrogen (secondary N) is 2. The van der Waals surface area contributed by atoms with Crippen LogP contribution in [0, 0.1) is 12.8 Å². The van der Waals surface area contributed by atoms with E-state index in [2.05, 4.69) is 29.5 Å². The molecule has 2 N–H and O–H groups in total. The van der Waals surface area contributed by atoms with Gasteiger partial charge in [0.05, 0.1) is 5.52 Å². The maximum absolute atomic E-state index is 13.1. The van der Waals surface area contributed by atoms with Crippen molar-refractivity contribution in [1.29, 1.82) is 0 Å². The fraction of sp³-hybridized carbons (Fsp3) is 0.591. The molecule has 1 aliphatic rings. The first-order valence-corrected chi connectivity index (χ1v) is 10.3. The summed E-state index contributed by atoms with van der Waals surface area (Å²) in [4.78, 5) is 29.7. The number of aromatic nitrogens is 2. The Hall–Kier alpha value is -2.37. The smallest absolute Gasteiger partial charge is 0.315 e. The van der Waals surface area contributed by atoms with Gasteiger partial charge in [-0.3, -0.25) is 9.78 Å². The molecule has 152 valence electrons. The molecule has 0 bridgehead atoms. The zero-order valence-corrected chi connectivity index (χ0v) is 17.6. The van der Waals surface area contributed by atoms with E-state index < -0.39 is 0 Å². The summed E-state index contributed by atoms with van der Waals surface area (Å²) in [5.41, 5.74) is 2.70. The summed E-state index contributed by atoms with van der Waals surface area (Å²) < 4.78 is 1.73. The lowest BCUT2D eigenvalue weighted by Gasteiger charge is -2.35. The van der Waals surface area contributed by atoms with Gasteiger partial charge in [-0.2, -0.15) is 0 Å². The van der Waals surface area contributed by atoms with E-state index in [1.165, 1.54) is 0 Å². The molecule has 6 heteroatoms. The molecule has 0 radical (unpaired) electrons. The van der Waals surface area contributed by atoms with Gasteiger partial charge in [0, 0.05) is 42.0 Å². The second-order valence-corrected chi connectivity index (χ2v) is 8.37. The van der Waals surface area contributed by atoms with E-state index in [4.69, 9.17) is 0 Å². The highest BCUT2D eigenvalue weighted by Crippen LogP contribution is 2.37. The molecule has 0 saturated heterocycles. The van der Waals surface area contributed by atoms with Gasteiger partial charge in [-0.1, -0.05) is 13.8 Å². The number of hydrogen-bond donors (Lipinski definition) is 2. The normalized spacial score (nSPS) is 23.4. The lowest BCUT2D eigenvalue weighted by atomic mass is 9.74. The van der Waals surface area contributed by atoms with Crippen LogP contribution >= 0.6 is 0 Å². The van der Waals surface area contributed by atoms with Crippen LogP contribution in [-0.4, -0.2) is 27.7 Å². The highest BCUT2D eigenvalue weighted by atomic mass is 16.2. The van der Waals surface area contributed by atoms with Crippen LogP contribution in [-0.2, 0) is 7.05 Å². The van der Waals surface area contributed by atoms with Crippen molar-refractivity contribution in [2.75, 3.05) is 0 Å². The van der Waals surface area contributed by atoms with Crippen LogP contribution < -0.4 is 16.2 Å². The van der Waals surface area contributed by atoms with Crippen LogP contribution in [0.4, 0.5) is 4.79 Å². The van der Waals surface area contributed by atoms with Gasteiger partial charge in [0.25, 0.3) is 5.56 Å². The topological polar surface area (TPSA) is 76.0 Å². The van der Waals surface area contributed by atoms with Crippen molar-refractivity contribution >= 4 is 16.9 Å². The number of carbonyl (C=O) groups is 1. The van der Waals surface area contributed by atoms with Crippen LogP contribution in [0.1, 0.15) is 63.6 Å². The summed E-state index contributed by atoms with van der Waals surface area (Å²) in [5, 5.41) is 7.07. The molecule has 1 aliphatic carbocycles. The quantitative estimate of drug-likeness (QED) is 0.845. The standard InChI is InChI=1S/C22H32N4O2/c1-6-14(3)24-22(28)25-17-8-7-13(2)18(11-17)19-10-16-12-23-15(4)9-20(16)26(5)21(19)27/h9-10,12-14,17-18H,6-8,11H2,1-5H3,(H2,24,25,28). The van der Waals surface area contributed by atoms with E-state index in [0.717, 1.165) is 47.8 Å². The second kappa shape index (κ2) is 8.33. The summed E-state index contributed by atoms with van der Waals surface area (Å²) in [6, 6.07) is 4.09. The predicted molar refractivity (Wildman–Crippen MR) is 113 cm³/mol. The lowest BCUT2D eigenvalue weighted by molar-refractivity contribution is 0.219. The number of amides is 2. The average molecular weight is 385 g/mol. The van der Waals surface area contributed by atoms with Crippen molar-refractivity contribution in [1.82, 2.24) is 20.2 Å². The first kappa shape index (κ1) is 20.4. The summed E-state index contributed by atoms with van der Waals surface area (Å²) >= 11 is 0. The SMILES string of the molecule is CCC(C)NC(=O)NC1CCC(C)C(c2cc3cnc(C)cc3n(C)c2=O)C1. The minimum atomic E-state index is -0.112. The molecule has 2 amide bonds. The monoisotopic (exact) mass is 384 g/mol. The molecule has 0 spiro atoms. The van der Waals surface area contributed by atoms with Crippen LogP contribution in [0.5, 0.6) is 0 Å². The van der Waals surface area contributed by atoms with Crippen molar-refractivity contribution in [2.45, 2.75) is 71.4 Å². The number of rotatable bonds is 4. The number of pyridine rings is 2. The molecule has 0 aromatic carbocycles. The summed E-state index contributed by atoms with van der Waals surface area (Å²) in [6.07, 6.45) is 5.47. The minimum absolute atomic E-state index is 0.0552. The molecular weight excluding hydrogens is 352 g/mol. The number of carbonyl (C=O) groups excluding carboxylic acids is 1. The minimum Gasteiger partial charge on any atom is -0.336 e. The largest absolute Gasteiger partial charge is 0.336 e. The molecule has 4 unspecified atom stereocenters. The summed E-state index contributed by atoms with van der Waals surface area (Å²) in [7, 11) is 1.83. The fourth-order valence-corrected chi connectivity index (χ4v) is 4.20. The summed E-state index contributed by atoms with van der Waals surface area (Å²) in [5.74, 6) is 0.534. The number of aryl methyl sites for hydroxylation is 2. The Morgan fingerprint density at radius 1 is 1.36 bits per heavy atom. The Labute approximate surface area is 166 Å². The maximum atomic E-state index is 13.1. The third kappa shape index (κ3) is 4.21. The molecule has 4 atom stereocenters. The van der Waals surface area contributed by atoms with Crippen molar-refractivity contribution in [2.24, 2.45) is 13.0 Å². The Kier molecular flexibility index (Phi) is 6.06. The summed E-state index contributed by atoms with van der Waals surface area (Å²) in [6.45, 7) is 8.19. The van der Waals surface area contributed by atoms with Crippen LogP contribution in [0.15, 0.2) is 23.1 Å². The lowest BCUT2D eigenvalue weighted by Crippen LogP contribution is -2.47. The molecule has 2 aromatic heterocycles. The van der Waals surface area contributed by atoms with Gasteiger partial charge in [0.1, 0.15) is 0 Å². The van der Waals surface area contributed by atoms with E-state index in [1.54, 1.807) is 4.57 Å². The van der Waals surface area contributed by atoms with Gasteiger partial charge in [0.2, 0.25) is 0 Å². The maximum Gasteiger partial charge on any atom is 0.315 e. The molecule has 1 saturated carbocycles. The van der Waals surface area contributed by atoms with Crippen molar-refractivity contribution in [3.05, 3.63) is 39.9 Å². The van der Waals surface area contributed by atoms with Gasteiger partial charge < -0.3 is 15.2 Å². The molecule has 2 aromatic rings. The van der Waals surface area contributed by atoms with Crippen molar-refractivity contribution < 1.29 is 4.79 Å². The van der Waals surface area contributed by atoms with E-state index in [-0.39, 0.29) is 29.6 Å². The first-order chi connectivity index (χ1) is 13.3. The molecule has 1 fully saturated rings. The van der Waals surface area contributed by atoms with E-state index in [1.807, 2.05) is 39.2 Å². The fourth-order valence-electron chi connectivity index (χ4n) is 4.20. The molecule has 6 nitrogen and oxygen atoms in total. The zero-order chi connectivity index (χ0) is 20.4. The third-order valence-electron chi connectivity index (χ3n) is 6.19. The highest BCUT2D eigenvalue weighted by Gasteiger charge is 2.32. The van der Waals surface area contributed by atoms with Gasteiger partial charge in [-0.15, -0.1) is 0 Å². The Balaban J connectivity index is 1.85. The Morgan fingerprint density at radius 3 is 2.82 bits per heavy atom. The van der Waals surface area contributed by atoms with Gasteiger partial charge in [-0.05, 0) is 63.5 Å². The number of urea groups is 1. The van der Waals surface area contributed by atoms with Gasteiger partial charge in [-0.25, -0.2) is 4.79 Å². The Bertz CT molecular complexity index is 921. The molecule has 0 aliphatic heterocycles. The third-order valence-corrected chi connectivity index (χ3v) is 6.19. The molecule has 3 rings (SSSR count). The second-order valence-electron chi connectivity index (χ2n) is 8.37. The molecule has 28 heavy (non-hydrogen) atoms. The van der Waals surface area contributed by atoms with Crippen molar-refractivity contribution in [3.8, 4) is 0 Å². The number of hydrogen-bond acceptors (Lipinski definition) is 3. The van der Waals surface area contributed by atoms with Crippen LogP contribution in [0.25, 0.3) is 10.9 Å². The number of nitrogens with zero attached hydrogens (tertiary/aromatic N) is 2. The van der Waals surface area contributed by atoms with Crippen LogP contribution in [0.3, 0.4) is 0 Å². The van der Waals surface area contributed by atoms with Crippen LogP contribution in [0.2, 0.25) is 0 Å².